The molecule has 5 rings (SSSR count). The second-order valence-corrected chi connectivity index (χ2v) is 13.5. The predicted octanol–water partition coefficient (Wildman–Crippen LogP) is 5.42. The van der Waals surface area contributed by atoms with Gasteiger partial charge in [0.1, 0.15) is 11.5 Å². The van der Waals surface area contributed by atoms with Gasteiger partial charge < -0.3 is 19.3 Å². The molecule has 0 radical (unpaired) electrons. The fourth-order valence-corrected chi connectivity index (χ4v) is 6.88. The minimum Gasteiger partial charge on any atom is -0.497 e. The van der Waals surface area contributed by atoms with Gasteiger partial charge in [-0.3, -0.25) is 10.2 Å². The zero-order chi connectivity index (χ0) is 35.8. The second-order valence-electron chi connectivity index (χ2n) is 11.4. The number of hydrazine groups is 1. The van der Waals surface area contributed by atoms with Gasteiger partial charge in [-0.1, -0.05) is 48.5 Å². The number of methoxy groups -OCH3 is 1. The summed E-state index contributed by atoms with van der Waals surface area (Å²) in [7, 11) is -2.46. The molecule has 3 N–H and O–H groups in total. The van der Waals surface area contributed by atoms with E-state index in [-0.39, 0.29) is 29.4 Å². The van der Waals surface area contributed by atoms with Gasteiger partial charge in [-0.05, 0) is 65.7 Å². The first-order valence-electron chi connectivity index (χ1n) is 15.7. The predicted molar refractivity (Wildman–Crippen MR) is 179 cm³/mol. The van der Waals surface area contributed by atoms with E-state index < -0.39 is 51.4 Å². The Balaban J connectivity index is 1.54. The van der Waals surface area contributed by atoms with Crippen molar-refractivity contribution in [2.45, 2.75) is 42.1 Å². The lowest BCUT2D eigenvalue weighted by Gasteiger charge is -2.31. The number of aliphatic imine (C=N–C) groups is 1. The molecule has 1 aliphatic rings. The maximum absolute atomic E-state index is 14.4. The third-order valence-corrected chi connectivity index (χ3v) is 9.82. The molecule has 14 heteroatoms. The molecule has 1 heterocycles. The SMILES string of the molecule is COc1cccc([C@@H]2OC(c3ccc(OCCCO)cc3)=N[C@]2(CCS(=O)(=O)c2ccccc2)C(=O)NNCc2ccccc2C(F)(F)F)c1. The quantitative estimate of drug-likeness (QED) is 0.110. The van der Waals surface area contributed by atoms with E-state index in [9.17, 15) is 26.4 Å². The zero-order valence-corrected chi connectivity index (χ0v) is 27.8. The Hall–Kier alpha value is -4.92. The standard InChI is InChI=1S/C36H36F3N3O7S/c1-47-29-11-7-10-26(23-29)32-35(19-22-50(45,46)30-12-3-2-4-13-30,34(44)42-40-24-27-9-5-6-14-31(27)36(37,38)39)41-33(49-32)25-15-17-28(18-16-25)48-21-8-20-43/h2-7,9-18,23,32,40,43H,8,19-22,24H2,1H3,(H,42,44)/t32-,35-/m0/s1. The van der Waals surface area contributed by atoms with Crippen molar-refractivity contribution < 1.29 is 45.7 Å². The van der Waals surface area contributed by atoms with Gasteiger partial charge >= 0.3 is 6.18 Å². The number of carbonyl (C=O) groups is 1. The lowest BCUT2D eigenvalue weighted by atomic mass is 9.85. The van der Waals surface area contributed by atoms with Crippen molar-refractivity contribution >= 4 is 21.6 Å². The van der Waals surface area contributed by atoms with Gasteiger partial charge in [0.05, 0.1) is 29.9 Å². The summed E-state index contributed by atoms with van der Waals surface area (Å²) in [6.07, 6.45) is -5.71. The molecular formula is C36H36F3N3O7S. The summed E-state index contributed by atoms with van der Waals surface area (Å²) in [5.74, 6) is -0.338. The molecule has 0 saturated heterocycles. The normalized spacial score (nSPS) is 17.5. The number of rotatable bonds is 15. The van der Waals surface area contributed by atoms with Crippen molar-refractivity contribution in [1.29, 1.82) is 0 Å². The summed E-state index contributed by atoms with van der Waals surface area (Å²) in [5, 5.41) is 9.05. The van der Waals surface area contributed by atoms with Crippen LogP contribution in [0.5, 0.6) is 11.5 Å². The molecule has 0 aliphatic carbocycles. The highest BCUT2D eigenvalue weighted by molar-refractivity contribution is 7.91. The van der Waals surface area contributed by atoms with E-state index in [1.54, 1.807) is 66.7 Å². The van der Waals surface area contributed by atoms with Crippen LogP contribution in [0.1, 0.15) is 41.2 Å². The molecular weight excluding hydrogens is 675 g/mol. The van der Waals surface area contributed by atoms with Crippen LogP contribution in [0.15, 0.2) is 113 Å². The average molecular weight is 712 g/mol. The van der Waals surface area contributed by atoms with Gasteiger partial charge in [0, 0.05) is 31.6 Å². The Morgan fingerprint density at radius 2 is 1.68 bits per heavy atom. The Bertz CT molecular complexity index is 1910. The molecule has 0 fully saturated rings. The van der Waals surface area contributed by atoms with E-state index in [0.717, 1.165) is 6.07 Å². The van der Waals surface area contributed by atoms with Crippen molar-refractivity contribution in [3.8, 4) is 11.5 Å². The van der Waals surface area contributed by atoms with E-state index in [4.69, 9.17) is 24.3 Å². The van der Waals surface area contributed by atoms with Crippen LogP contribution in [0.25, 0.3) is 0 Å². The van der Waals surface area contributed by atoms with Crippen molar-refractivity contribution in [3.05, 3.63) is 125 Å². The molecule has 264 valence electrons. The van der Waals surface area contributed by atoms with Gasteiger partial charge in [-0.25, -0.2) is 18.8 Å². The number of halogens is 3. The molecule has 0 spiro atoms. The van der Waals surface area contributed by atoms with Crippen molar-refractivity contribution in [3.63, 3.8) is 0 Å². The smallest absolute Gasteiger partial charge is 0.416 e. The van der Waals surface area contributed by atoms with Crippen LogP contribution in [0, 0.1) is 0 Å². The van der Waals surface area contributed by atoms with E-state index in [0.29, 0.717) is 35.7 Å². The van der Waals surface area contributed by atoms with E-state index >= 15 is 0 Å². The molecule has 0 saturated carbocycles. The molecule has 4 aromatic carbocycles. The van der Waals surface area contributed by atoms with Gasteiger partial charge in [0.25, 0.3) is 5.91 Å². The fraction of sp³-hybridized carbons (Fsp3) is 0.278. The van der Waals surface area contributed by atoms with Crippen LogP contribution in [0.2, 0.25) is 0 Å². The third-order valence-electron chi connectivity index (χ3n) is 8.08. The van der Waals surface area contributed by atoms with Gasteiger partial charge in [0.15, 0.2) is 21.5 Å². The number of hydrogen-bond donors (Lipinski definition) is 3. The Morgan fingerprint density at radius 1 is 0.960 bits per heavy atom. The van der Waals surface area contributed by atoms with Crippen molar-refractivity contribution in [1.82, 2.24) is 10.9 Å². The number of alkyl halides is 3. The van der Waals surface area contributed by atoms with Crippen LogP contribution >= 0.6 is 0 Å². The van der Waals surface area contributed by atoms with Crippen molar-refractivity contribution in [2.75, 3.05) is 26.1 Å². The summed E-state index contributed by atoms with van der Waals surface area (Å²) in [6, 6.07) is 26.1. The molecule has 0 unspecified atom stereocenters. The highest BCUT2D eigenvalue weighted by atomic mass is 32.2. The minimum absolute atomic E-state index is 0.0256. The number of nitrogens with one attached hydrogen (secondary N) is 2. The topological polar surface area (TPSA) is 136 Å². The Morgan fingerprint density at radius 3 is 2.38 bits per heavy atom. The Kier molecular flexibility index (Phi) is 11.5. The second kappa shape index (κ2) is 15.7. The number of ether oxygens (including phenoxy) is 3. The summed E-state index contributed by atoms with van der Waals surface area (Å²) in [6.45, 7) is -0.119. The summed E-state index contributed by atoms with van der Waals surface area (Å²) in [4.78, 5) is 19.2. The molecule has 0 aromatic heterocycles. The van der Waals surface area contributed by atoms with Crippen LogP contribution in [0.3, 0.4) is 0 Å². The number of aliphatic hydroxyl groups is 1. The highest BCUT2D eigenvalue weighted by Crippen LogP contribution is 2.44. The number of amides is 1. The van der Waals surface area contributed by atoms with E-state index in [1.807, 2.05) is 0 Å². The number of benzene rings is 4. The molecule has 1 amide bonds. The molecule has 50 heavy (non-hydrogen) atoms. The van der Waals surface area contributed by atoms with Crippen LogP contribution in [-0.4, -0.2) is 56.9 Å². The molecule has 1 aliphatic heterocycles. The monoisotopic (exact) mass is 711 g/mol. The minimum atomic E-state index is -4.62. The zero-order valence-electron chi connectivity index (χ0n) is 27.0. The maximum atomic E-state index is 14.4. The van der Waals surface area contributed by atoms with Gasteiger partial charge in [0.2, 0.25) is 5.90 Å². The number of nitrogens with zero attached hydrogens (tertiary/aromatic N) is 1. The molecule has 2 atom stereocenters. The molecule has 0 bridgehead atoms. The number of carbonyl (C=O) groups excluding carboxylic acids is 1. The first-order chi connectivity index (χ1) is 24.0. The first-order valence-corrected chi connectivity index (χ1v) is 17.3. The van der Waals surface area contributed by atoms with Crippen molar-refractivity contribution in [2.24, 2.45) is 4.99 Å². The molecule has 4 aromatic rings. The summed E-state index contributed by atoms with van der Waals surface area (Å²) < 4.78 is 85.5. The van der Waals surface area contributed by atoms with E-state index in [2.05, 4.69) is 10.9 Å². The van der Waals surface area contributed by atoms with Crippen LogP contribution in [0.4, 0.5) is 13.2 Å². The van der Waals surface area contributed by atoms with Gasteiger partial charge in [-0.2, -0.15) is 13.2 Å². The largest absolute Gasteiger partial charge is 0.497 e. The average Bonchev–Trinajstić information content (AvgIpc) is 3.52. The maximum Gasteiger partial charge on any atom is 0.416 e. The summed E-state index contributed by atoms with van der Waals surface area (Å²) in [5.41, 5.74) is 3.09. The third kappa shape index (κ3) is 8.44. The number of hydrogen-bond acceptors (Lipinski definition) is 9. The lowest BCUT2D eigenvalue weighted by Crippen LogP contribution is -2.53. The number of aliphatic hydroxyl groups excluding tert-OH is 1. The summed E-state index contributed by atoms with van der Waals surface area (Å²) >= 11 is 0. The number of sulfone groups is 1. The van der Waals surface area contributed by atoms with Crippen LogP contribution < -0.4 is 20.3 Å². The Labute approximate surface area is 287 Å². The van der Waals surface area contributed by atoms with Crippen LogP contribution in [-0.2, 0) is 32.1 Å². The fourth-order valence-electron chi connectivity index (χ4n) is 5.49. The highest BCUT2D eigenvalue weighted by Gasteiger charge is 2.54. The van der Waals surface area contributed by atoms with E-state index in [1.165, 1.54) is 37.4 Å². The molecule has 10 nitrogen and oxygen atoms in total. The lowest BCUT2D eigenvalue weighted by molar-refractivity contribution is -0.138. The first kappa shape index (κ1) is 36.4. The van der Waals surface area contributed by atoms with Gasteiger partial charge in [-0.15, -0.1) is 0 Å².